The van der Waals surface area contributed by atoms with Crippen LogP contribution in [0.4, 0.5) is 10.7 Å². The van der Waals surface area contributed by atoms with Crippen molar-refractivity contribution in [3.63, 3.8) is 0 Å². The van der Waals surface area contributed by atoms with Crippen LogP contribution in [-0.4, -0.2) is 25.1 Å². The van der Waals surface area contributed by atoms with Gasteiger partial charge in [-0.15, -0.1) is 0 Å². The molecule has 0 atom stereocenters. The van der Waals surface area contributed by atoms with E-state index in [9.17, 15) is 9.59 Å². The van der Waals surface area contributed by atoms with Gasteiger partial charge >= 0.3 is 11.7 Å². The molecule has 0 bridgehead atoms. The monoisotopic (exact) mass is 416 g/mol. The van der Waals surface area contributed by atoms with Crippen molar-refractivity contribution in [1.82, 2.24) is 19.1 Å². The third-order valence-electron chi connectivity index (χ3n) is 6.06. The predicted octanol–water partition coefficient (Wildman–Crippen LogP) is 4.00. The summed E-state index contributed by atoms with van der Waals surface area (Å²) in [6.07, 6.45) is 4.41. The third-order valence-corrected chi connectivity index (χ3v) is 6.06. The number of fused-ring (bicyclic) bond motifs is 1. The second kappa shape index (κ2) is 7.46. The number of hydrogen-bond acceptors (Lipinski definition) is 3. The van der Waals surface area contributed by atoms with Crippen molar-refractivity contribution < 1.29 is 4.79 Å². The Bertz CT molecular complexity index is 1330. The fraction of sp³-hybridized carbons (Fsp3) is 0.261. The summed E-state index contributed by atoms with van der Waals surface area (Å²) in [6.45, 7) is 0. The molecule has 8 heteroatoms. The molecular weight excluding hydrogens is 392 g/mol. The van der Waals surface area contributed by atoms with Gasteiger partial charge in [0.05, 0.1) is 22.4 Å². The van der Waals surface area contributed by atoms with E-state index >= 15 is 0 Å². The van der Waals surface area contributed by atoms with Gasteiger partial charge in [0.2, 0.25) is 5.95 Å². The lowest BCUT2D eigenvalue weighted by Gasteiger charge is -2.11. The third kappa shape index (κ3) is 3.30. The second-order valence-corrected chi connectivity index (χ2v) is 8.02. The number of hydrogen-bond donors (Lipinski definition) is 3. The van der Waals surface area contributed by atoms with E-state index in [1.165, 1.54) is 0 Å². The van der Waals surface area contributed by atoms with Crippen LogP contribution in [-0.2, 0) is 7.05 Å². The first-order valence-corrected chi connectivity index (χ1v) is 10.5. The standard InChI is InChI=1S/C23H24N6O2/c1-28-18-13-15(11-12-17(18)29(23(28)31)16-9-5-6-10-16)20-19(14-7-3-2-4-8-14)25-22(26-20)27-21(24)30/h2-4,7-8,11-13,16H,5-6,9-10H2,1H3,(H4,24,25,26,27,30). The molecule has 4 N–H and O–H groups in total. The number of benzene rings is 2. The molecule has 0 saturated heterocycles. The van der Waals surface area contributed by atoms with Gasteiger partial charge in [-0.2, -0.15) is 0 Å². The maximum atomic E-state index is 13.0. The molecule has 0 aliphatic heterocycles. The van der Waals surface area contributed by atoms with Gasteiger partial charge in [-0.05, 0) is 25.0 Å². The van der Waals surface area contributed by atoms with Gasteiger partial charge in [0.15, 0.2) is 0 Å². The van der Waals surface area contributed by atoms with Crippen LogP contribution >= 0.6 is 0 Å². The molecule has 1 aliphatic rings. The normalized spacial score (nSPS) is 14.4. The zero-order valence-corrected chi connectivity index (χ0v) is 17.3. The number of imidazole rings is 2. The molecule has 0 spiro atoms. The summed E-state index contributed by atoms with van der Waals surface area (Å²) in [5, 5.41) is 2.52. The Morgan fingerprint density at radius 1 is 1.10 bits per heavy atom. The number of nitrogens with zero attached hydrogens (tertiary/aromatic N) is 3. The summed E-state index contributed by atoms with van der Waals surface area (Å²) in [5.74, 6) is 0.277. The van der Waals surface area contributed by atoms with Gasteiger partial charge in [-0.3, -0.25) is 14.5 Å². The molecule has 1 aliphatic carbocycles. The highest BCUT2D eigenvalue weighted by Gasteiger charge is 2.23. The molecule has 1 fully saturated rings. The summed E-state index contributed by atoms with van der Waals surface area (Å²) in [7, 11) is 1.81. The highest BCUT2D eigenvalue weighted by atomic mass is 16.2. The first kappa shape index (κ1) is 19.2. The number of rotatable bonds is 4. The van der Waals surface area contributed by atoms with E-state index in [-0.39, 0.29) is 17.7 Å². The van der Waals surface area contributed by atoms with Gasteiger partial charge in [0, 0.05) is 24.2 Å². The lowest BCUT2D eigenvalue weighted by molar-refractivity contribution is 0.259. The van der Waals surface area contributed by atoms with Gasteiger partial charge in [-0.1, -0.05) is 49.2 Å². The molecule has 4 aromatic rings. The van der Waals surface area contributed by atoms with Crippen LogP contribution in [0.5, 0.6) is 0 Å². The van der Waals surface area contributed by atoms with Crippen LogP contribution in [0.25, 0.3) is 33.5 Å². The number of carbonyl (C=O) groups is 1. The quantitative estimate of drug-likeness (QED) is 0.467. The van der Waals surface area contributed by atoms with Gasteiger partial charge < -0.3 is 10.7 Å². The number of urea groups is 1. The Kier molecular flexibility index (Phi) is 4.62. The molecule has 158 valence electrons. The lowest BCUT2D eigenvalue weighted by Crippen LogP contribution is -2.24. The number of amides is 2. The van der Waals surface area contributed by atoms with Crippen molar-refractivity contribution in [1.29, 1.82) is 0 Å². The number of aryl methyl sites for hydroxylation is 1. The first-order valence-electron chi connectivity index (χ1n) is 10.5. The van der Waals surface area contributed by atoms with Crippen LogP contribution in [0, 0.1) is 0 Å². The number of aromatic amines is 1. The Hall–Kier alpha value is -3.81. The molecule has 0 radical (unpaired) electrons. The molecule has 31 heavy (non-hydrogen) atoms. The number of nitrogens with one attached hydrogen (secondary N) is 2. The maximum Gasteiger partial charge on any atom is 0.329 e. The molecular formula is C23H24N6O2. The number of anilines is 1. The number of primary amides is 1. The molecule has 2 aromatic heterocycles. The minimum atomic E-state index is -0.689. The van der Waals surface area contributed by atoms with Crippen molar-refractivity contribution in [2.45, 2.75) is 31.7 Å². The van der Waals surface area contributed by atoms with Crippen molar-refractivity contribution in [3.8, 4) is 22.5 Å². The number of carbonyl (C=O) groups excluding carboxylic acids is 1. The Morgan fingerprint density at radius 3 is 2.55 bits per heavy atom. The fourth-order valence-corrected chi connectivity index (χ4v) is 4.60. The zero-order valence-electron chi connectivity index (χ0n) is 17.3. The van der Waals surface area contributed by atoms with E-state index < -0.39 is 6.03 Å². The minimum Gasteiger partial charge on any atom is -0.351 e. The van der Waals surface area contributed by atoms with E-state index in [0.717, 1.165) is 53.5 Å². The highest BCUT2D eigenvalue weighted by Crippen LogP contribution is 2.35. The Labute approximate surface area is 178 Å². The van der Waals surface area contributed by atoms with Gasteiger partial charge in [0.25, 0.3) is 0 Å². The largest absolute Gasteiger partial charge is 0.351 e. The van der Waals surface area contributed by atoms with Crippen LogP contribution in [0.1, 0.15) is 31.7 Å². The predicted molar refractivity (Wildman–Crippen MR) is 121 cm³/mol. The number of aromatic nitrogens is 4. The summed E-state index contributed by atoms with van der Waals surface area (Å²) >= 11 is 0. The van der Waals surface area contributed by atoms with Gasteiger partial charge in [0.1, 0.15) is 0 Å². The minimum absolute atomic E-state index is 0.0143. The summed E-state index contributed by atoms with van der Waals surface area (Å²) < 4.78 is 3.64. The average Bonchev–Trinajstić information content (AvgIpc) is 3.48. The van der Waals surface area contributed by atoms with E-state index in [1.54, 1.807) is 4.57 Å². The molecule has 1 saturated carbocycles. The van der Waals surface area contributed by atoms with E-state index in [0.29, 0.717) is 5.69 Å². The maximum absolute atomic E-state index is 13.0. The van der Waals surface area contributed by atoms with Crippen molar-refractivity contribution in [2.24, 2.45) is 12.8 Å². The first-order chi connectivity index (χ1) is 15.0. The van der Waals surface area contributed by atoms with Gasteiger partial charge in [-0.25, -0.2) is 14.6 Å². The van der Waals surface area contributed by atoms with Crippen LogP contribution < -0.4 is 16.7 Å². The van der Waals surface area contributed by atoms with Crippen molar-refractivity contribution >= 4 is 23.0 Å². The summed E-state index contributed by atoms with van der Waals surface area (Å²) in [6, 6.07) is 15.3. The van der Waals surface area contributed by atoms with E-state index in [2.05, 4.69) is 15.3 Å². The smallest absolute Gasteiger partial charge is 0.329 e. The van der Waals surface area contributed by atoms with Crippen LogP contribution in [0.2, 0.25) is 0 Å². The molecule has 5 rings (SSSR count). The summed E-state index contributed by atoms with van der Waals surface area (Å²) in [5.41, 5.74) is 10.3. The highest BCUT2D eigenvalue weighted by molar-refractivity contribution is 5.90. The molecule has 8 nitrogen and oxygen atoms in total. The Balaban J connectivity index is 1.67. The van der Waals surface area contributed by atoms with Crippen LogP contribution in [0.3, 0.4) is 0 Å². The Morgan fingerprint density at radius 2 is 1.84 bits per heavy atom. The van der Waals surface area contributed by atoms with E-state index in [1.807, 2.05) is 60.1 Å². The fourth-order valence-electron chi connectivity index (χ4n) is 4.60. The number of H-pyrrole nitrogens is 1. The topological polar surface area (TPSA) is 111 Å². The molecule has 2 heterocycles. The summed E-state index contributed by atoms with van der Waals surface area (Å²) in [4.78, 5) is 32.1. The van der Waals surface area contributed by atoms with Crippen molar-refractivity contribution in [2.75, 3.05) is 5.32 Å². The van der Waals surface area contributed by atoms with Crippen LogP contribution in [0.15, 0.2) is 53.3 Å². The number of nitrogens with two attached hydrogens (primary N) is 1. The SMILES string of the molecule is Cn1c(=O)n(C2CCCC2)c2ccc(-c3nc(NC(N)=O)[nH]c3-c3ccccc3)cc21. The molecule has 0 unspecified atom stereocenters. The zero-order chi connectivity index (χ0) is 21.5. The average molecular weight is 416 g/mol. The molecule has 2 aromatic carbocycles. The molecule has 2 amide bonds. The second-order valence-electron chi connectivity index (χ2n) is 8.02. The van der Waals surface area contributed by atoms with Crippen molar-refractivity contribution in [3.05, 3.63) is 59.0 Å². The lowest BCUT2D eigenvalue weighted by atomic mass is 10.0. The van der Waals surface area contributed by atoms with E-state index in [4.69, 9.17) is 5.73 Å².